The average Bonchev–Trinajstić information content (AvgIpc) is 2.41. The summed E-state index contributed by atoms with van der Waals surface area (Å²) < 4.78 is 4.63. The Labute approximate surface area is 96.7 Å². The van der Waals surface area contributed by atoms with Gasteiger partial charge in [0.15, 0.2) is 0 Å². The molecule has 0 radical (unpaired) electrons. The van der Waals surface area contributed by atoms with Crippen molar-refractivity contribution < 1.29 is 4.74 Å². The van der Waals surface area contributed by atoms with Crippen LogP contribution in [0, 0.1) is 0 Å². The first-order valence-electron chi connectivity index (χ1n) is 4.22. The van der Waals surface area contributed by atoms with Gasteiger partial charge in [-0.1, -0.05) is 16.9 Å². The van der Waals surface area contributed by atoms with Crippen LogP contribution >= 0.6 is 11.8 Å². The lowest BCUT2D eigenvalue weighted by atomic mass is 10.9. The van der Waals surface area contributed by atoms with Crippen LogP contribution in [0.25, 0.3) is 0 Å². The van der Waals surface area contributed by atoms with Crippen molar-refractivity contribution in [1.29, 1.82) is 0 Å². The van der Waals surface area contributed by atoms with Gasteiger partial charge in [0.1, 0.15) is 0 Å². The van der Waals surface area contributed by atoms with Gasteiger partial charge in [-0.05, 0) is 6.26 Å². The van der Waals surface area contributed by atoms with Crippen LogP contribution in [0.2, 0.25) is 0 Å². The summed E-state index contributed by atoms with van der Waals surface area (Å²) >= 11 is 1.48. The Morgan fingerprint density at radius 1 is 1.00 bits per heavy atom. The second kappa shape index (κ2) is 7.46. The summed E-state index contributed by atoms with van der Waals surface area (Å²) in [6.07, 6.45) is 8.10. The molecule has 0 bridgehead atoms. The van der Waals surface area contributed by atoms with Crippen molar-refractivity contribution in [3.05, 3.63) is 24.8 Å². The first-order chi connectivity index (χ1) is 7.86. The van der Waals surface area contributed by atoms with Gasteiger partial charge in [-0.15, -0.1) is 5.10 Å². The molecule has 7 nitrogen and oxygen atoms in total. The van der Waals surface area contributed by atoms with Gasteiger partial charge in [0.05, 0.1) is 31.9 Å². The van der Waals surface area contributed by atoms with Crippen LogP contribution < -0.4 is 4.74 Å². The number of nitrogens with zero attached hydrogens (tertiary/aromatic N) is 6. The number of ether oxygens (including phenoxy) is 1. The molecule has 0 saturated carbocycles. The van der Waals surface area contributed by atoms with Gasteiger partial charge in [-0.2, -0.15) is 10.2 Å². The SMILES string of the molecule is COc1nccnn1.CSc1nccnn1. The molecule has 0 N–H and O–H groups in total. The second-order valence-electron chi connectivity index (χ2n) is 2.26. The molecule has 2 aromatic heterocycles. The zero-order chi connectivity index (χ0) is 11.6. The molecule has 0 atom stereocenters. The van der Waals surface area contributed by atoms with Gasteiger partial charge in [0.2, 0.25) is 5.16 Å². The van der Waals surface area contributed by atoms with Gasteiger partial charge in [0, 0.05) is 0 Å². The first kappa shape index (κ1) is 12.2. The van der Waals surface area contributed by atoms with E-state index in [1.54, 1.807) is 12.4 Å². The number of hydrogen-bond acceptors (Lipinski definition) is 8. The second-order valence-corrected chi connectivity index (χ2v) is 3.03. The highest BCUT2D eigenvalue weighted by Crippen LogP contribution is 2.01. The Hall–Kier alpha value is -1.83. The van der Waals surface area contributed by atoms with E-state index in [0.717, 1.165) is 0 Å². The van der Waals surface area contributed by atoms with E-state index in [4.69, 9.17) is 0 Å². The maximum Gasteiger partial charge on any atom is 0.335 e. The predicted molar refractivity (Wildman–Crippen MR) is 58.0 cm³/mol. The van der Waals surface area contributed by atoms with Gasteiger partial charge in [-0.25, -0.2) is 9.97 Å². The summed E-state index contributed by atoms with van der Waals surface area (Å²) in [6, 6.07) is 0.299. The highest BCUT2D eigenvalue weighted by Gasteiger charge is 1.86. The Morgan fingerprint density at radius 3 is 2.00 bits per heavy atom. The van der Waals surface area contributed by atoms with Crippen LogP contribution in [0.1, 0.15) is 0 Å². The lowest BCUT2D eigenvalue weighted by Gasteiger charge is -1.89. The van der Waals surface area contributed by atoms with Crippen molar-refractivity contribution in [3.63, 3.8) is 0 Å². The fourth-order valence-corrected chi connectivity index (χ4v) is 0.953. The predicted octanol–water partition coefficient (Wildman–Crippen LogP) is 0.474. The van der Waals surface area contributed by atoms with Crippen molar-refractivity contribution in [2.75, 3.05) is 13.4 Å². The molecular weight excluding hydrogens is 228 g/mol. The fourth-order valence-electron chi connectivity index (χ4n) is 0.658. The lowest BCUT2D eigenvalue weighted by molar-refractivity contribution is 0.373. The monoisotopic (exact) mass is 238 g/mol. The van der Waals surface area contributed by atoms with Crippen molar-refractivity contribution in [1.82, 2.24) is 30.4 Å². The van der Waals surface area contributed by atoms with Crippen LogP contribution in [0.3, 0.4) is 0 Å². The quantitative estimate of drug-likeness (QED) is 0.698. The number of rotatable bonds is 2. The summed E-state index contributed by atoms with van der Waals surface area (Å²) in [5.74, 6) is 0. The normalized spacial score (nSPS) is 8.88. The van der Waals surface area contributed by atoms with Crippen molar-refractivity contribution in [2.24, 2.45) is 0 Å². The Bertz CT molecular complexity index is 347. The molecule has 2 aromatic rings. The van der Waals surface area contributed by atoms with E-state index in [0.29, 0.717) is 11.2 Å². The molecule has 84 valence electrons. The summed E-state index contributed by atoms with van der Waals surface area (Å²) in [4.78, 5) is 7.59. The minimum absolute atomic E-state index is 0.299. The summed E-state index contributed by atoms with van der Waals surface area (Å²) in [5, 5.41) is 15.1. The standard InChI is InChI=1S/C4H5N3O.C4H5N3S/c2*1-8-4-5-2-3-6-7-4/h2*2-3H,1H3. The molecule has 8 heteroatoms. The molecule has 0 saturated heterocycles. The molecule has 0 amide bonds. The van der Waals surface area contributed by atoms with Gasteiger partial charge in [0.25, 0.3) is 0 Å². The minimum atomic E-state index is 0.299. The topological polar surface area (TPSA) is 86.6 Å². The molecule has 0 unspecified atom stereocenters. The third kappa shape index (κ3) is 4.60. The van der Waals surface area contributed by atoms with Crippen LogP contribution in [0.5, 0.6) is 6.01 Å². The molecule has 16 heavy (non-hydrogen) atoms. The van der Waals surface area contributed by atoms with Gasteiger partial charge >= 0.3 is 6.01 Å². The number of methoxy groups -OCH3 is 1. The summed E-state index contributed by atoms with van der Waals surface area (Å²) in [7, 11) is 1.50. The molecule has 2 rings (SSSR count). The maximum absolute atomic E-state index is 4.63. The molecule has 0 aromatic carbocycles. The zero-order valence-electron chi connectivity index (χ0n) is 8.81. The van der Waals surface area contributed by atoms with E-state index in [1.165, 1.54) is 31.3 Å². The molecular formula is C8H10N6OS. The van der Waals surface area contributed by atoms with E-state index < -0.39 is 0 Å². The number of hydrogen-bond donors (Lipinski definition) is 0. The Balaban J connectivity index is 0.000000160. The van der Waals surface area contributed by atoms with Gasteiger partial charge < -0.3 is 4.74 Å². The smallest absolute Gasteiger partial charge is 0.335 e. The molecule has 0 fully saturated rings. The summed E-state index contributed by atoms with van der Waals surface area (Å²) in [5.41, 5.74) is 0. The van der Waals surface area contributed by atoms with Crippen LogP contribution in [0.4, 0.5) is 0 Å². The Kier molecular flexibility index (Phi) is 5.71. The fraction of sp³-hybridized carbons (Fsp3) is 0.250. The maximum atomic E-state index is 4.63. The number of thioether (sulfide) groups is 1. The van der Waals surface area contributed by atoms with Crippen molar-refractivity contribution in [3.8, 4) is 6.01 Å². The van der Waals surface area contributed by atoms with Gasteiger partial charge in [-0.3, -0.25) is 0 Å². The molecule has 0 aliphatic heterocycles. The van der Waals surface area contributed by atoms with E-state index in [1.807, 2.05) is 6.26 Å². The minimum Gasteiger partial charge on any atom is -0.466 e. The van der Waals surface area contributed by atoms with Crippen LogP contribution in [-0.4, -0.2) is 43.7 Å². The number of aromatic nitrogens is 6. The van der Waals surface area contributed by atoms with E-state index in [2.05, 4.69) is 35.1 Å². The molecule has 0 aliphatic rings. The third-order valence-corrected chi connectivity index (χ3v) is 1.84. The van der Waals surface area contributed by atoms with E-state index in [-0.39, 0.29) is 0 Å². The first-order valence-corrected chi connectivity index (χ1v) is 5.44. The van der Waals surface area contributed by atoms with Crippen molar-refractivity contribution in [2.45, 2.75) is 5.16 Å². The van der Waals surface area contributed by atoms with E-state index in [9.17, 15) is 0 Å². The zero-order valence-corrected chi connectivity index (χ0v) is 9.63. The van der Waals surface area contributed by atoms with Crippen LogP contribution in [-0.2, 0) is 0 Å². The van der Waals surface area contributed by atoms with Crippen molar-refractivity contribution >= 4 is 11.8 Å². The van der Waals surface area contributed by atoms with Crippen LogP contribution in [0.15, 0.2) is 29.9 Å². The average molecular weight is 238 g/mol. The summed E-state index contributed by atoms with van der Waals surface area (Å²) in [6.45, 7) is 0. The largest absolute Gasteiger partial charge is 0.466 e. The highest BCUT2D eigenvalue weighted by atomic mass is 32.2. The molecule has 0 spiro atoms. The Morgan fingerprint density at radius 2 is 1.69 bits per heavy atom. The molecule has 2 heterocycles. The lowest BCUT2D eigenvalue weighted by Crippen LogP contribution is -1.91. The third-order valence-electron chi connectivity index (χ3n) is 1.29. The van der Waals surface area contributed by atoms with E-state index >= 15 is 0 Å². The highest BCUT2D eigenvalue weighted by molar-refractivity contribution is 7.98. The molecule has 0 aliphatic carbocycles.